The van der Waals surface area contributed by atoms with Gasteiger partial charge in [0.1, 0.15) is 0 Å². The minimum Gasteiger partial charge on any atom is -0.326 e. The van der Waals surface area contributed by atoms with Gasteiger partial charge in [0.05, 0.1) is 16.8 Å². The van der Waals surface area contributed by atoms with Gasteiger partial charge in [-0.3, -0.25) is 9.59 Å². The number of carbonyl (C=O) groups excluding carboxylic acids is 2. The van der Waals surface area contributed by atoms with E-state index in [0.29, 0.717) is 22.8 Å². The van der Waals surface area contributed by atoms with E-state index in [-0.39, 0.29) is 17.7 Å². The molecule has 6 heteroatoms. The van der Waals surface area contributed by atoms with E-state index in [9.17, 15) is 9.59 Å². The SMILES string of the molecule is CCC(=O)Nc1ccc(Cl)c(NC(=O)C(N)C(C)C)c1. The van der Waals surface area contributed by atoms with Crippen molar-refractivity contribution in [2.45, 2.75) is 33.2 Å². The quantitative estimate of drug-likeness (QED) is 0.781. The van der Waals surface area contributed by atoms with Crippen molar-refractivity contribution in [3.05, 3.63) is 23.2 Å². The molecule has 1 atom stereocenters. The van der Waals surface area contributed by atoms with Gasteiger partial charge in [-0.25, -0.2) is 0 Å². The number of anilines is 2. The summed E-state index contributed by atoms with van der Waals surface area (Å²) in [5.74, 6) is -0.388. The van der Waals surface area contributed by atoms with Crippen LogP contribution in [0.15, 0.2) is 18.2 Å². The van der Waals surface area contributed by atoms with Gasteiger partial charge in [0, 0.05) is 12.1 Å². The van der Waals surface area contributed by atoms with Crippen LogP contribution in [-0.2, 0) is 9.59 Å². The normalized spacial score (nSPS) is 12.1. The molecule has 20 heavy (non-hydrogen) atoms. The van der Waals surface area contributed by atoms with Gasteiger partial charge in [0.25, 0.3) is 0 Å². The van der Waals surface area contributed by atoms with E-state index in [0.717, 1.165) is 0 Å². The van der Waals surface area contributed by atoms with Crippen molar-refractivity contribution < 1.29 is 9.59 Å². The van der Waals surface area contributed by atoms with Crippen LogP contribution < -0.4 is 16.4 Å². The lowest BCUT2D eigenvalue weighted by atomic mass is 10.0. The number of nitrogens with two attached hydrogens (primary N) is 1. The molecule has 110 valence electrons. The Labute approximate surface area is 123 Å². The van der Waals surface area contributed by atoms with E-state index in [1.54, 1.807) is 25.1 Å². The van der Waals surface area contributed by atoms with Crippen LogP contribution >= 0.6 is 11.6 Å². The molecule has 5 nitrogen and oxygen atoms in total. The minimum atomic E-state index is -0.611. The fourth-order valence-corrected chi connectivity index (χ4v) is 1.63. The standard InChI is InChI=1S/C14H20ClN3O2/c1-4-12(19)17-9-5-6-10(15)11(7-9)18-14(20)13(16)8(2)3/h5-8,13H,4,16H2,1-3H3,(H,17,19)(H,18,20). The fraction of sp³-hybridized carbons (Fsp3) is 0.429. The van der Waals surface area contributed by atoms with Crippen LogP contribution in [0.4, 0.5) is 11.4 Å². The highest BCUT2D eigenvalue weighted by Crippen LogP contribution is 2.26. The molecular formula is C14H20ClN3O2. The van der Waals surface area contributed by atoms with E-state index in [4.69, 9.17) is 17.3 Å². The number of amides is 2. The van der Waals surface area contributed by atoms with Crippen LogP contribution in [0.5, 0.6) is 0 Å². The second-order valence-electron chi connectivity index (χ2n) is 4.86. The van der Waals surface area contributed by atoms with Gasteiger partial charge in [-0.2, -0.15) is 0 Å². The summed E-state index contributed by atoms with van der Waals surface area (Å²) in [7, 11) is 0. The maximum atomic E-state index is 11.9. The molecule has 0 saturated heterocycles. The Morgan fingerprint density at radius 2 is 1.95 bits per heavy atom. The van der Waals surface area contributed by atoms with Crippen molar-refractivity contribution in [1.82, 2.24) is 0 Å². The number of hydrogen-bond acceptors (Lipinski definition) is 3. The average molecular weight is 298 g/mol. The van der Waals surface area contributed by atoms with Gasteiger partial charge in [-0.05, 0) is 24.1 Å². The Morgan fingerprint density at radius 3 is 2.50 bits per heavy atom. The first kappa shape index (κ1) is 16.5. The van der Waals surface area contributed by atoms with Gasteiger partial charge in [-0.1, -0.05) is 32.4 Å². The molecular weight excluding hydrogens is 278 g/mol. The zero-order valence-electron chi connectivity index (χ0n) is 11.9. The summed E-state index contributed by atoms with van der Waals surface area (Å²) in [5, 5.41) is 5.77. The summed E-state index contributed by atoms with van der Waals surface area (Å²) >= 11 is 6.03. The minimum absolute atomic E-state index is 0.0248. The van der Waals surface area contributed by atoms with Crippen molar-refractivity contribution in [3.8, 4) is 0 Å². The summed E-state index contributed by atoms with van der Waals surface area (Å²) in [6.07, 6.45) is 0.378. The van der Waals surface area contributed by atoms with E-state index in [2.05, 4.69) is 10.6 Å². The number of benzene rings is 1. The van der Waals surface area contributed by atoms with Gasteiger partial charge < -0.3 is 16.4 Å². The molecule has 0 heterocycles. The molecule has 0 aromatic heterocycles. The summed E-state index contributed by atoms with van der Waals surface area (Å²) < 4.78 is 0. The van der Waals surface area contributed by atoms with Crippen molar-refractivity contribution in [2.24, 2.45) is 11.7 Å². The third-order valence-corrected chi connectivity index (χ3v) is 3.18. The van der Waals surface area contributed by atoms with Crippen molar-refractivity contribution in [2.75, 3.05) is 10.6 Å². The molecule has 1 rings (SSSR count). The summed E-state index contributed by atoms with van der Waals surface area (Å²) in [6, 6.07) is 4.29. The molecule has 0 aliphatic carbocycles. The van der Waals surface area contributed by atoms with Crippen LogP contribution in [0.3, 0.4) is 0 Å². The molecule has 0 saturated carbocycles. The van der Waals surface area contributed by atoms with Crippen molar-refractivity contribution in [1.29, 1.82) is 0 Å². The van der Waals surface area contributed by atoms with E-state index >= 15 is 0 Å². The first-order chi connectivity index (χ1) is 9.35. The Kier molecular flexibility index (Phi) is 5.98. The lowest BCUT2D eigenvalue weighted by Crippen LogP contribution is -2.39. The molecule has 4 N–H and O–H groups in total. The highest BCUT2D eigenvalue weighted by molar-refractivity contribution is 6.34. The van der Waals surface area contributed by atoms with E-state index in [1.165, 1.54) is 0 Å². The van der Waals surface area contributed by atoms with Crippen LogP contribution in [0.1, 0.15) is 27.2 Å². The Morgan fingerprint density at radius 1 is 1.30 bits per heavy atom. The summed E-state index contributed by atoms with van der Waals surface area (Å²) in [5.41, 5.74) is 6.78. The molecule has 0 bridgehead atoms. The molecule has 2 amide bonds. The monoisotopic (exact) mass is 297 g/mol. The summed E-state index contributed by atoms with van der Waals surface area (Å²) in [6.45, 7) is 5.49. The first-order valence-electron chi connectivity index (χ1n) is 6.51. The second kappa shape index (κ2) is 7.26. The molecule has 1 aromatic carbocycles. The van der Waals surface area contributed by atoms with E-state index in [1.807, 2.05) is 13.8 Å². The van der Waals surface area contributed by atoms with Crippen LogP contribution in [0.25, 0.3) is 0 Å². The second-order valence-corrected chi connectivity index (χ2v) is 5.26. The fourth-order valence-electron chi connectivity index (χ4n) is 1.47. The molecule has 1 aromatic rings. The smallest absolute Gasteiger partial charge is 0.241 e. The highest BCUT2D eigenvalue weighted by atomic mass is 35.5. The van der Waals surface area contributed by atoms with Crippen molar-refractivity contribution in [3.63, 3.8) is 0 Å². The zero-order chi connectivity index (χ0) is 15.3. The topological polar surface area (TPSA) is 84.2 Å². The molecule has 0 spiro atoms. The van der Waals surface area contributed by atoms with Crippen LogP contribution in [0.2, 0.25) is 5.02 Å². The average Bonchev–Trinajstić information content (AvgIpc) is 2.41. The number of halogens is 1. The Hall–Kier alpha value is -1.59. The third-order valence-electron chi connectivity index (χ3n) is 2.85. The lowest BCUT2D eigenvalue weighted by Gasteiger charge is -2.16. The number of hydrogen-bond donors (Lipinski definition) is 3. The maximum absolute atomic E-state index is 11.9. The Balaban J connectivity index is 2.86. The predicted molar refractivity (Wildman–Crippen MR) is 81.8 cm³/mol. The molecule has 0 aliphatic heterocycles. The number of carbonyl (C=O) groups is 2. The molecule has 0 fully saturated rings. The Bertz CT molecular complexity index is 503. The van der Waals surface area contributed by atoms with Gasteiger partial charge >= 0.3 is 0 Å². The van der Waals surface area contributed by atoms with Crippen LogP contribution in [-0.4, -0.2) is 17.9 Å². The zero-order valence-corrected chi connectivity index (χ0v) is 12.6. The predicted octanol–water partition coefficient (Wildman–Crippen LogP) is 2.61. The maximum Gasteiger partial charge on any atom is 0.241 e. The number of nitrogens with one attached hydrogen (secondary N) is 2. The van der Waals surface area contributed by atoms with Gasteiger partial charge in [0.15, 0.2) is 0 Å². The van der Waals surface area contributed by atoms with Gasteiger partial charge in [0.2, 0.25) is 11.8 Å². The van der Waals surface area contributed by atoms with Crippen LogP contribution in [0, 0.1) is 5.92 Å². The third kappa shape index (κ3) is 4.51. The molecule has 0 aliphatic rings. The largest absolute Gasteiger partial charge is 0.326 e. The molecule has 0 radical (unpaired) electrons. The first-order valence-corrected chi connectivity index (χ1v) is 6.88. The summed E-state index contributed by atoms with van der Waals surface area (Å²) in [4.78, 5) is 23.3. The number of rotatable bonds is 5. The van der Waals surface area contributed by atoms with E-state index < -0.39 is 6.04 Å². The highest BCUT2D eigenvalue weighted by Gasteiger charge is 2.18. The lowest BCUT2D eigenvalue weighted by molar-refractivity contribution is -0.118. The van der Waals surface area contributed by atoms with Crippen molar-refractivity contribution >= 4 is 34.8 Å². The van der Waals surface area contributed by atoms with Gasteiger partial charge in [-0.15, -0.1) is 0 Å². The molecule has 1 unspecified atom stereocenters.